The molecule has 0 unspecified atom stereocenters. The highest BCUT2D eigenvalue weighted by molar-refractivity contribution is 7.98. The normalized spacial score (nSPS) is 10.6. The van der Waals surface area contributed by atoms with Crippen molar-refractivity contribution in [1.82, 2.24) is 9.97 Å². The van der Waals surface area contributed by atoms with E-state index >= 15 is 0 Å². The molecule has 5 heteroatoms. The van der Waals surface area contributed by atoms with Gasteiger partial charge >= 0.3 is 0 Å². The zero-order valence-corrected chi connectivity index (χ0v) is 12.6. The van der Waals surface area contributed by atoms with Crippen LogP contribution in [0.3, 0.4) is 0 Å². The van der Waals surface area contributed by atoms with E-state index in [2.05, 4.69) is 22.2 Å². The first-order chi connectivity index (χ1) is 9.71. The highest BCUT2D eigenvalue weighted by Gasteiger charge is 2.03. The van der Waals surface area contributed by atoms with Crippen LogP contribution < -0.4 is 5.32 Å². The van der Waals surface area contributed by atoms with Gasteiger partial charge in [-0.2, -0.15) is 0 Å². The summed E-state index contributed by atoms with van der Waals surface area (Å²) in [6, 6.07) is 9.84. The molecule has 0 aliphatic heterocycles. The predicted molar refractivity (Wildman–Crippen MR) is 82.9 cm³/mol. The monoisotopic (exact) mass is 289 g/mol. The molecule has 0 aliphatic rings. The molecule has 0 aliphatic carbocycles. The van der Waals surface area contributed by atoms with E-state index in [1.54, 1.807) is 11.8 Å². The third-order valence-electron chi connectivity index (χ3n) is 2.73. The Kier molecular flexibility index (Phi) is 5.38. The number of aliphatic hydroxyl groups is 1. The summed E-state index contributed by atoms with van der Waals surface area (Å²) >= 11 is 1.69. The Bertz CT molecular complexity index is 558. The van der Waals surface area contributed by atoms with Crippen molar-refractivity contribution in [3.05, 3.63) is 47.4 Å². The lowest BCUT2D eigenvalue weighted by molar-refractivity contribution is 0.282. The minimum absolute atomic E-state index is 0.0813. The number of aryl methyl sites for hydroxylation is 1. The Morgan fingerprint density at radius 2 is 1.95 bits per heavy atom. The number of nitrogens with zero attached hydrogens (tertiary/aromatic N) is 2. The number of anilines is 1. The molecular formula is C15H19N3OS. The van der Waals surface area contributed by atoms with Crippen LogP contribution in [0.2, 0.25) is 0 Å². The van der Waals surface area contributed by atoms with Crippen molar-refractivity contribution >= 4 is 17.6 Å². The number of nitrogens with one attached hydrogen (secondary N) is 1. The van der Waals surface area contributed by atoms with E-state index in [0.717, 1.165) is 40.1 Å². The molecule has 1 aromatic carbocycles. The second kappa shape index (κ2) is 7.26. The number of hydrogen-bond acceptors (Lipinski definition) is 5. The van der Waals surface area contributed by atoms with Crippen LogP contribution in [0, 0.1) is 6.92 Å². The second-order valence-corrected chi connectivity index (χ2v) is 5.48. The minimum atomic E-state index is 0.0813. The van der Waals surface area contributed by atoms with Crippen molar-refractivity contribution in [2.45, 2.75) is 31.1 Å². The van der Waals surface area contributed by atoms with Crippen molar-refractivity contribution in [3.63, 3.8) is 0 Å². The first-order valence-corrected chi connectivity index (χ1v) is 7.61. The Morgan fingerprint density at radius 1 is 1.20 bits per heavy atom. The van der Waals surface area contributed by atoms with Crippen LogP contribution in [0.15, 0.2) is 35.2 Å². The lowest BCUT2D eigenvalue weighted by Crippen LogP contribution is -2.04. The van der Waals surface area contributed by atoms with Gasteiger partial charge in [-0.3, -0.25) is 0 Å². The van der Waals surface area contributed by atoms with Gasteiger partial charge in [-0.05, 0) is 31.5 Å². The maximum absolute atomic E-state index is 9.01. The quantitative estimate of drug-likeness (QED) is 0.801. The Morgan fingerprint density at radius 3 is 2.60 bits per heavy atom. The molecule has 0 amide bonds. The molecule has 106 valence electrons. The molecule has 20 heavy (non-hydrogen) atoms. The van der Waals surface area contributed by atoms with E-state index < -0.39 is 0 Å². The van der Waals surface area contributed by atoms with Gasteiger partial charge in [0.25, 0.3) is 0 Å². The average molecular weight is 289 g/mol. The van der Waals surface area contributed by atoms with Crippen molar-refractivity contribution < 1.29 is 5.11 Å². The molecule has 2 aromatic rings. The maximum Gasteiger partial charge on any atom is 0.141 e. The van der Waals surface area contributed by atoms with Crippen LogP contribution in [-0.4, -0.2) is 21.6 Å². The summed E-state index contributed by atoms with van der Waals surface area (Å²) in [7, 11) is 0. The van der Waals surface area contributed by atoms with E-state index in [4.69, 9.17) is 5.11 Å². The van der Waals surface area contributed by atoms with Crippen molar-refractivity contribution in [1.29, 1.82) is 0 Å². The molecule has 0 bridgehead atoms. The van der Waals surface area contributed by atoms with E-state index in [0.29, 0.717) is 0 Å². The molecule has 0 saturated heterocycles. The standard InChI is InChI=1S/C15H19N3OS/c1-3-16-14-8-11(2)17-15(18-14)10-20-13-6-4-12(9-19)5-7-13/h4-8,19H,3,9-10H2,1-2H3,(H,16,17,18). The number of benzene rings is 1. The predicted octanol–water partition coefficient (Wildman–Crippen LogP) is 3.00. The van der Waals surface area contributed by atoms with Crippen molar-refractivity contribution in [3.8, 4) is 0 Å². The molecule has 2 rings (SSSR count). The van der Waals surface area contributed by atoms with Gasteiger partial charge in [0.1, 0.15) is 11.6 Å². The fourth-order valence-corrected chi connectivity index (χ4v) is 2.56. The summed E-state index contributed by atoms with van der Waals surface area (Å²) in [4.78, 5) is 10.1. The second-order valence-electron chi connectivity index (χ2n) is 4.43. The van der Waals surface area contributed by atoms with Crippen LogP contribution in [0.25, 0.3) is 0 Å². The summed E-state index contributed by atoms with van der Waals surface area (Å²) in [6.07, 6.45) is 0. The Labute approximate surface area is 123 Å². The molecule has 0 fully saturated rings. The van der Waals surface area contributed by atoms with Gasteiger partial charge in [-0.15, -0.1) is 11.8 Å². The lowest BCUT2D eigenvalue weighted by atomic mass is 10.2. The van der Waals surface area contributed by atoms with Gasteiger partial charge in [-0.1, -0.05) is 12.1 Å². The van der Waals surface area contributed by atoms with Crippen LogP contribution in [0.4, 0.5) is 5.82 Å². The molecule has 1 heterocycles. The third kappa shape index (κ3) is 4.21. The highest BCUT2D eigenvalue weighted by Crippen LogP contribution is 2.22. The highest BCUT2D eigenvalue weighted by atomic mass is 32.2. The summed E-state index contributed by atoms with van der Waals surface area (Å²) < 4.78 is 0. The van der Waals surface area contributed by atoms with Gasteiger partial charge in [-0.25, -0.2) is 9.97 Å². The fourth-order valence-electron chi connectivity index (χ4n) is 1.81. The molecule has 2 N–H and O–H groups in total. The summed E-state index contributed by atoms with van der Waals surface area (Å²) in [5.41, 5.74) is 1.90. The number of thioether (sulfide) groups is 1. The zero-order valence-electron chi connectivity index (χ0n) is 11.8. The number of rotatable bonds is 6. The van der Waals surface area contributed by atoms with Gasteiger partial charge < -0.3 is 10.4 Å². The topological polar surface area (TPSA) is 58.0 Å². The van der Waals surface area contributed by atoms with Crippen LogP contribution >= 0.6 is 11.8 Å². The third-order valence-corrected chi connectivity index (χ3v) is 3.74. The molecule has 4 nitrogen and oxygen atoms in total. The van der Waals surface area contributed by atoms with E-state index in [1.807, 2.05) is 37.3 Å². The molecule has 0 saturated carbocycles. The summed E-state index contributed by atoms with van der Waals surface area (Å²) in [5.74, 6) is 2.45. The van der Waals surface area contributed by atoms with Gasteiger partial charge in [0.15, 0.2) is 0 Å². The molecule has 0 radical (unpaired) electrons. The van der Waals surface area contributed by atoms with Gasteiger partial charge in [0.05, 0.1) is 12.4 Å². The lowest BCUT2D eigenvalue weighted by Gasteiger charge is -2.07. The minimum Gasteiger partial charge on any atom is -0.392 e. The first kappa shape index (κ1) is 14.8. The fraction of sp³-hybridized carbons (Fsp3) is 0.333. The summed E-state index contributed by atoms with van der Waals surface area (Å²) in [5, 5.41) is 12.2. The van der Waals surface area contributed by atoms with Gasteiger partial charge in [0.2, 0.25) is 0 Å². The van der Waals surface area contributed by atoms with Crippen molar-refractivity contribution in [2.24, 2.45) is 0 Å². The van der Waals surface area contributed by atoms with E-state index in [-0.39, 0.29) is 6.61 Å². The van der Waals surface area contributed by atoms with Gasteiger partial charge in [0, 0.05) is 23.2 Å². The maximum atomic E-state index is 9.01. The van der Waals surface area contributed by atoms with E-state index in [1.165, 1.54) is 0 Å². The number of aromatic nitrogens is 2. The molecular weight excluding hydrogens is 270 g/mol. The number of hydrogen-bond donors (Lipinski definition) is 2. The Balaban J connectivity index is 2.02. The number of aliphatic hydroxyl groups excluding tert-OH is 1. The first-order valence-electron chi connectivity index (χ1n) is 6.62. The smallest absolute Gasteiger partial charge is 0.141 e. The van der Waals surface area contributed by atoms with Crippen LogP contribution in [-0.2, 0) is 12.4 Å². The van der Waals surface area contributed by atoms with Crippen LogP contribution in [0.5, 0.6) is 0 Å². The summed E-state index contributed by atoms with van der Waals surface area (Å²) in [6.45, 7) is 4.96. The molecule has 1 aromatic heterocycles. The largest absolute Gasteiger partial charge is 0.392 e. The molecule has 0 atom stereocenters. The van der Waals surface area contributed by atoms with E-state index in [9.17, 15) is 0 Å². The zero-order chi connectivity index (χ0) is 14.4. The SMILES string of the molecule is CCNc1cc(C)nc(CSc2ccc(CO)cc2)n1. The van der Waals surface area contributed by atoms with Crippen LogP contribution in [0.1, 0.15) is 24.0 Å². The van der Waals surface area contributed by atoms with Crippen molar-refractivity contribution in [2.75, 3.05) is 11.9 Å². The average Bonchev–Trinajstić information content (AvgIpc) is 2.45. The molecule has 0 spiro atoms. The Hall–Kier alpha value is -1.59.